The molecular formula is C10H18O4. The number of rotatable bonds is 5. The Bertz CT molecular complexity index is 203. The molecule has 0 rings (SSSR count). The second-order valence-electron chi connectivity index (χ2n) is 4.04. The van der Waals surface area contributed by atoms with Crippen molar-refractivity contribution in [1.82, 2.24) is 0 Å². The Hall–Kier alpha value is -0.900. The van der Waals surface area contributed by atoms with Crippen LogP contribution in [0.1, 0.15) is 33.6 Å². The number of Topliss-reactive ketones (excluding diaryl/α,β-unsaturated/α-hetero) is 1. The van der Waals surface area contributed by atoms with Gasteiger partial charge in [-0.05, 0) is 20.8 Å². The fourth-order valence-corrected chi connectivity index (χ4v) is 0.843. The largest absolute Gasteiger partial charge is 0.460 e. The lowest BCUT2D eigenvalue weighted by atomic mass is 10.2. The fraction of sp³-hybridized carbons (Fsp3) is 0.800. The minimum absolute atomic E-state index is 0.152. The number of methoxy groups -OCH3 is 1. The molecule has 0 aliphatic carbocycles. The van der Waals surface area contributed by atoms with E-state index in [1.807, 2.05) is 0 Å². The van der Waals surface area contributed by atoms with Crippen molar-refractivity contribution < 1.29 is 19.1 Å². The Kier molecular flexibility index (Phi) is 5.38. The van der Waals surface area contributed by atoms with Gasteiger partial charge >= 0.3 is 5.97 Å². The number of hydrogen-bond acceptors (Lipinski definition) is 4. The summed E-state index contributed by atoms with van der Waals surface area (Å²) in [6.07, 6.45) is 0.0936. The van der Waals surface area contributed by atoms with Crippen LogP contribution in [0.5, 0.6) is 0 Å². The Labute approximate surface area is 84.6 Å². The van der Waals surface area contributed by atoms with Gasteiger partial charge in [-0.1, -0.05) is 0 Å². The van der Waals surface area contributed by atoms with Gasteiger partial charge in [0.2, 0.25) is 0 Å². The van der Waals surface area contributed by atoms with E-state index in [1.165, 1.54) is 7.11 Å². The van der Waals surface area contributed by atoms with Crippen molar-refractivity contribution in [3.8, 4) is 0 Å². The standard InChI is InChI=1S/C10H18O4/c1-10(2,3)14-9(12)7-8(11)5-6-13-4/h5-7H2,1-4H3. The van der Waals surface area contributed by atoms with Gasteiger partial charge in [0.05, 0.1) is 6.61 Å². The topological polar surface area (TPSA) is 52.6 Å². The first-order chi connectivity index (χ1) is 6.35. The third-order valence-corrected chi connectivity index (χ3v) is 1.35. The maximum Gasteiger partial charge on any atom is 0.313 e. The summed E-state index contributed by atoms with van der Waals surface area (Å²) < 4.78 is 9.71. The Morgan fingerprint density at radius 1 is 1.21 bits per heavy atom. The van der Waals surface area contributed by atoms with Crippen LogP contribution in [-0.2, 0) is 19.1 Å². The number of ether oxygens (including phenoxy) is 2. The number of hydrogen-bond donors (Lipinski definition) is 0. The van der Waals surface area contributed by atoms with Crippen LogP contribution in [0, 0.1) is 0 Å². The summed E-state index contributed by atoms with van der Waals surface area (Å²) in [5.74, 6) is -0.625. The van der Waals surface area contributed by atoms with E-state index >= 15 is 0 Å². The molecule has 82 valence electrons. The van der Waals surface area contributed by atoms with Crippen molar-refractivity contribution in [3.05, 3.63) is 0 Å². The molecule has 0 aromatic rings. The van der Waals surface area contributed by atoms with E-state index in [2.05, 4.69) is 0 Å². The van der Waals surface area contributed by atoms with Crippen LogP contribution in [0.4, 0.5) is 0 Å². The molecule has 0 aromatic carbocycles. The third kappa shape index (κ3) is 7.73. The predicted octanol–water partition coefficient (Wildman–Crippen LogP) is 1.32. The molecule has 4 heteroatoms. The molecule has 4 nitrogen and oxygen atoms in total. The third-order valence-electron chi connectivity index (χ3n) is 1.35. The molecule has 0 heterocycles. The van der Waals surface area contributed by atoms with Crippen molar-refractivity contribution in [1.29, 1.82) is 0 Å². The molecule has 0 fully saturated rings. The van der Waals surface area contributed by atoms with Gasteiger partial charge in [0.1, 0.15) is 17.8 Å². The number of esters is 1. The second-order valence-corrected chi connectivity index (χ2v) is 4.04. The van der Waals surface area contributed by atoms with Gasteiger partial charge in [0.15, 0.2) is 0 Å². The molecule has 0 spiro atoms. The molecule has 0 aliphatic rings. The van der Waals surface area contributed by atoms with Crippen molar-refractivity contribution in [2.45, 2.75) is 39.2 Å². The highest BCUT2D eigenvalue weighted by atomic mass is 16.6. The van der Waals surface area contributed by atoms with Crippen LogP contribution in [0.3, 0.4) is 0 Å². The highest BCUT2D eigenvalue weighted by Crippen LogP contribution is 2.08. The quantitative estimate of drug-likeness (QED) is 0.498. The molecule has 0 aliphatic heterocycles. The van der Waals surface area contributed by atoms with Crippen molar-refractivity contribution in [2.24, 2.45) is 0 Å². The highest BCUT2D eigenvalue weighted by Gasteiger charge is 2.18. The van der Waals surface area contributed by atoms with E-state index in [-0.39, 0.29) is 18.6 Å². The minimum atomic E-state index is -0.529. The zero-order valence-electron chi connectivity index (χ0n) is 9.25. The SMILES string of the molecule is COCCC(=O)CC(=O)OC(C)(C)C. The molecular weight excluding hydrogens is 184 g/mol. The number of carbonyl (C=O) groups excluding carboxylic acids is 2. The van der Waals surface area contributed by atoms with Crippen molar-refractivity contribution in [3.63, 3.8) is 0 Å². The van der Waals surface area contributed by atoms with E-state index in [4.69, 9.17) is 9.47 Å². The highest BCUT2D eigenvalue weighted by molar-refractivity contribution is 5.95. The molecule has 14 heavy (non-hydrogen) atoms. The Morgan fingerprint density at radius 3 is 2.21 bits per heavy atom. The summed E-state index contributed by atoms with van der Waals surface area (Å²) in [6, 6.07) is 0. The summed E-state index contributed by atoms with van der Waals surface area (Å²) in [6.45, 7) is 5.65. The van der Waals surface area contributed by atoms with Gasteiger partial charge in [-0.15, -0.1) is 0 Å². The Balaban J connectivity index is 3.78. The van der Waals surface area contributed by atoms with Gasteiger partial charge in [-0.3, -0.25) is 9.59 Å². The molecule has 0 saturated carbocycles. The average molecular weight is 202 g/mol. The smallest absolute Gasteiger partial charge is 0.313 e. The van der Waals surface area contributed by atoms with E-state index in [0.29, 0.717) is 6.61 Å². The van der Waals surface area contributed by atoms with E-state index in [0.717, 1.165) is 0 Å². The van der Waals surface area contributed by atoms with Crippen LogP contribution in [0.2, 0.25) is 0 Å². The van der Waals surface area contributed by atoms with Gasteiger partial charge in [0.25, 0.3) is 0 Å². The second kappa shape index (κ2) is 5.75. The lowest BCUT2D eigenvalue weighted by Gasteiger charge is -2.19. The van der Waals surface area contributed by atoms with Crippen LogP contribution in [0.25, 0.3) is 0 Å². The van der Waals surface area contributed by atoms with E-state index in [9.17, 15) is 9.59 Å². The van der Waals surface area contributed by atoms with Crippen molar-refractivity contribution >= 4 is 11.8 Å². The Morgan fingerprint density at radius 2 is 1.79 bits per heavy atom. The molecule has 0 unspecified atom stereocenters. The number of ketones is 1. The first kappa shape index (κ1) is 13.1. The van der Waals surface area contributed by atoms with Gasteiger partial charge in [-0.25, -0.2) is 0 Å². The van der Waals surface area contributed by atoms with Crippen molar-refractivity contribution in [2.75, 3.05) is 13.7 Å². The molecule has 0 bridgehead atoms. The summed E-state index contributed by atoms with van der Waals surface area (Å²) in [5.41, 5.74) is -0.529. The van der Waals surface area contributed by atoms with Crippen LogP contribution < -0.4 is 0 Å². The maximum absolute atomic E-state index is 11.1. The summed E-state index contributed by atoms with van der Waals surface area (Å²) in [5, 5.41) is 0. The molecule has 0 aromatic heterocycles. The predicted molar refractivity (Wildman–Crippen MR) is 52.0 cm³/mol. The fourth-order valence-electron chi connectivity index (χ4n) is 0.843. The molecule has 0 radical (unpaired) electrons. The van der Waals surface area contributed by atoms with Crippen LogP contribution in [0.15, 0.2) is 0 Å². The number of carbonyl (C=O) groups is 2. The van der Waals surface area contributed by atoms with Gasteiger partial charge in [-0.2, -0.15) is 0 Å². The average Bonchev–Trinajstić information content (AvgIpc) is 1.96. The molecule has 0 N–H and O–H groups in total. The normalized spacial score (nSPS) is 11.1. The van der Waals surface area contributed by atoms with Gasteiger partial charge < -0.3 is 9.47 Å². The maximum atomic E-state index is 11.1. The monoisotopic (exact) mass is 202 g/mol. The summed E-state index contributed by atoms with van der Waals surface area (Å²) >= 11 is 0. The van der Waals surface area contributed by atoms with Crippen LogP contribution >= 0.6 is 0 Å². The zero-order chi connectivity index (χ0) is 11.2. The van der Waals surface area contributed by atoms with E-state index in [1.54, 1.807) is 20.8 Å². The van der Waals surface area contributed by atoms with Crippen LogP contribution in [-0.4, -0.2) is 31.1 Å². The molecule has 0 amide bonds. The molecule has 0 saturated heterocycles. The first-order valence-electron chi connectivity index (χ1n) is 4.57. The lowest BCUT2D eigenvalue weighted by Crippen LogP contribution is -2.25. The summed E-state index contributed by atoms with van der Waals surface area (Å²) in [7, 11) is 1.51. The minimum Gasteiger partial charge on any atom is -0.460 e. The zero-order valence-corrected chi connectivity index (χ0v) is 9.25. The first-order valence-corrected chi connectivity index (χ1v) is 4.57. The van der Waals surface area contributed by atoms with Gasteiger partial charge in [0, 0.05) is 13.5 Å². The molecule has 0 atom stereocenters. The van der Waals surface area contributed by atoms with E-state index < -0.39 is 11.6 Å². The lowest BCUT2D eigenvalue weighted by molar-refractivity contribution is -0.156. The summed E-state index contributed by atoms with van der Waals surface area (Å²) in [4.78, 5) is 22.3.